The molecule has 0 bridgehead atoms. The number of hydrogen-bond acceptors (Lipinski definition) is 3. The minimum atomic E-state index is -0.453. The van der Waals surface area contributed by atoms with Crippen LogP contribution >= 0.6 is 0 Å². The first-order valence-corrected chi connectivity index (χ1v) is 6.22. The molecule has 1 aliphatic carbocycles. The van der Waals surface area contributed by atoms with Gasteiger partial charge in [0.1, 0.15) is 0 Å². The molecule has 3 heteroatoms. The number of rotatable bonds is 4. The van der Waals surface area contributed by atoms with E-state index >= 15 is 0 Å². The molecule has 1 N–H and O–H groups in total. The Bertz CT molecular complexity index is 235. The van der Waals surface area contributed by atoms with E-state index in [1.807, 2.05) is 0 Å². The number of epoxide rings is 2. The monoisotopic (exact) mass is 212 g/mol. The Morgan fingerprint density at radius 2 is 1.87 bits per heavy atom. The molecule has 0 radical (unpaired) electrons. The van der Waals surface area contributed by atoms with Gasteiger partial charge in [-0.2, -0.15) is 0 Å². The first-order valence-electron chi connectivity index (χ1n) is 6.22. The van der Waals surface area contributed by atoms with Crippen LogP contribution in [-0.2, 0) is 9.47 Å². The smallest absolute Gasteiger partial charge is 0.0837 e. The van der Waals surface area contributed by atoms with Gasteiger partial charge < -0.3 is 14.6 Å². The first kappa shape index (κ1) is 10.1. The van der Waals surface area contributed by atoms with Crippen LogP contribution in [0.2, 0.25) is 0 Å². The largest absolute Gasteiger partial charge is 0.389 e. The Balaban J connectivity index is 1.63. The molecule has 4 atom stereocenters. The number of aliphatic hydroxyl groups is 1. The molecule has 2 heterocycles. The summed E-state index contributed by atoms with van der Waals surface area (Å²) in [4.78, 5) is 0. The summed E-state index contributed by atoms with van der Waals surface area (Å²) in [7, 11) is 0. The van der Waals surface area contributed by atoms with Crippen LogP contribution in [-0.4, -0.2) is 36.1 Å². The van der Waals surface area contributed by atoms with Crippen molar-refractivity contribution in [2.45, 2.75) is 56.3 Å². The van der Waals surface area contributed by atoms with Crippen LogP contribution in [0.5, 0.6) is 0 Å². The van der Waals surface area contributed by atoms with Crippen LogP contribution in [0.1, 0.15) is 38.5 Å². The average Bonchev–Trinajstić information content (AvgIpc) is 3.04. The fourth-order valence-corrected chi connectivity index (χ4v) is 3.00. The van der Waals surface area contributed by atoms with Gasteiger partial charge in [-0.25, -0.2) is 0 Å². The normalized spacial score (nSPS) is 49.0. The van der Waals surface area contributed by atoms with Crippen molar-refractivity contribution in [1.82, 2.24) is 0 Å². The van der Waals surface area contributed by atoms with Crippen molar-refractivity contribution in [1.29, 1.82) is 0 Å². The van der Waals surface area contributed by atoms with E-state index in [0.29, 0.717) is 18.1 Å². The average molecular weight is 212 g/mol. The highest BCUT2D eigenvalue weighted by Gasteiger charge is 2.45. The molecule has 0 aromatic heterocycles. The Morgan fingerprint density at radius 3 is 2.53 bits per heavy atom. The summed E-state index contributed by atoms with van der Waals surface area (Å²) in [5, 5.41) is 10.7. The molecule has 3 aliphatic rings. The second-order valence-electron chi connectivity index (χ2n) is 5.40. The van der Waals surface area contributed by atoms with Gasteiger partial charge in [-0.1, -0.05) is 12.8 Å². The first-order chi connectivity index (χ1) is 7.26. The summed E-state index contributed by atoms with van der Waals surface area (Å²) in [6.07, 6.45) is 7.27. The molecule has 0 aromatic carbocycles. The van der Waals surface area contributed by atoms with Crippen LogP contribution in [0.3, 0.4) is 0 Å². The fourth-order valence-electron chi connectivity index (χ4n) is 3.00. The van der Waals surface area contributed by atoms with Gasteiger partial charge in [0.2, 0.25) is 0 Å². The van der Waals surface area contributed by atoms with Crippen molar-refractivity contribution >= 4 is 0 Å². The van der Waals surface area contributed by atoms with Gasteiger partial charge >= 0.3 is 0 Å². The van der Waals surface area contributed by atoms with Crippen molar-refractivity contribution in [2.75, 3.05) is 13.2 Å². The number of ether oxygens (including phenoxy) is 2. The van der Waals surface area contributed by atoms with E-state index in [2.05, 4.69) is 0 Å². The molecule has 3 rings (SSSR count). The van der Waals surface area contributed by atoms with Crippen molar-refractivity contribution in [3.05, 3.63) is 0 Å². The molecule has 1 saturated carbocycles. The SMILES string of the molecule is OC1(CC2CO2)CCCCC1CC1CO1. The van der Waals surface area contributed by atoms with E-state index in [9.17, 15) is 5.11 Å². The zero-order chi connectivity index (χ0) is 10.3. The molecule has 86 valence electrons. The maximum absolute atomic E-state index is 10.7. The van der Waals surface area contributed by atoms with Gasteiger partial charge in [-0.15, -0.1) is 0 Å². The molecular formula is C12H20O3. The Morgan fingerprint density at radius 1 is 1.13 bits per heavy atom. The van der Waals surface area contributed by atoms with Crippen molar-refractivity contribution < 1.29 is 14.6 Å². The van der Waals surface area contributed by atoms with Crippen LogP contribution in [0.15, 0.2) is 0 Å². The maximum Gasteiger partial charge on any atom is 0.0837 e. The third kappa shape index (κ3) is 2.35. The molecule has 0 aromatic rings. The second kappa shape index (κ2) is 3.72. The van der Waals surface area contributed by atoms with E-state index < -0.39 is 5.60 Å². The molecule has 3 nitrogen and oxygen atoms in total. The lowest BCUT2D eigenvalue weighted by atomic mass is 9.71. The standard InChI is InChI=1S/C12H20O3/c13-12(6-11-8-15-11)4-2-1-3-9(12)5-10-7-14-10/h9-11,13H,1-8H2. The topological polar surface area (TPSA) is 45.3 Å². The Hall–Kier alpha value is -0.120. The third-order valence-electron chi connectivity index (χ3n) is 4.11. The fraction of sp³-hybridized carbons (Fsp3) is 1.00. The van der Waals surface area contributed by atoms with Crippen LogP contribution in [0.4, 0.5) is 0 Å². The van der Waals surface area contributed by atoms with E-state index in [1.165, 1.54) is 19.3 Å². The number of hydrogen-bond donors (Lipinski definition) is 1. The second-order valence-corrected chi connectivity index (χ2v) is 5.40. The summed E-state index contributed by atoms with van der Waals surface area (Å²) in [5.74, 6) is 0.447. The molecule has 0 spiro atoms. The van der Waals surface area contributed by atoms with E-state index in [1.54, 1.807) is 0 Å². The highest BCUT2D eigenvalue weighted by molar-refractivity contribution is 4.96. The molecule has 15 heavy (non-hydrogen) atoms. The predicted molar refractivity (Wildman–Crippen MR) is 55.6 cm³/mol. The minimum absolute atomic E-state index is 0.343. The lowest BCUT2D eigenvalue weighted by molar-refractivity contribution is -0.0642. The van der Waals surface area contributed by atoms with E-state index in [0.717, 1.165) is 32.5 Å². The summed E-state index contributed by atoms with van der Waals surface area (Å²) in [5.41, 5.74) is -0.453. The van der Waals surface area contributed by atoms with Gasteiger partial charge in [-0.05, 0) is 25.2 Å². The third-order valence-corrected chi connectivity index (χ3v) is 4.11. The van der Waals surface area contributed by atoms with Gasteiger partial charge in [0.15, 0.2) is 0 Å². The molecule has 4 unspecified atom stereocenters. The van der Waals surface area contributed by atoms with Gasteiger partial charge in [0.05, 0.1) is 31.0 Å². The zero-order valence-corrected chi connectivity index (χ0v) is 9.15. The highest BCUT2D eigenvalue weighted by Crippen LogP contribution is 2.43. The van der Waals surface area contributed by atoms with Crippen LogP contribution in [0, 0.1) is 5.92 Å². The molecular weight excluding hydrogens is 192 g/mol. The van der Waals surface area contributed by atoms with Gasteiger partial charge in [0.25, 0.3) is 0 Å². The highest BCUT2D eigenvalue weighted by atomic mass is 16.6. The summed E-state index contributed by atoms with van der Waals surface area (Å²) < 4.78 is 10.5. The molecule has 0 amide bonds. The van der Waals surface area contributed by atoms with Crippen LogP contribution < -0.4 is 0 Å². The van der Waals surface area contributed by atoms with Gasteiger partial charge in [-0.3, -0.25) is 0 Å². The quantitative estimate of drug-likeness (QED) is 0.718. The minimum Gasteiger partial charge on any atom is -0.389 e. The molecule has 2 aliphatic heterocycles. The van der Waals surface area contributed by atoms with Crippen molar-refractivity contribution in [2.24, 2.45) is 5.92 Å². The molecule has 2 saturated heterocycles. The predicted octanol–water partition coefficient (Wildman–Crippen LogP) is 1.49. The van der Waals surface area contributed by atoms with E-state index in [4.69, 9.17) is 9.47 Å². The maximum atomic E-state index is 10.7. The zero-order valence-electron chi connectivity index (χ0n) is 9.15. The Labute approximate surface area is 90.8 Å². The van der Waals surface area contributed by atoms with Crippen molar-refractivity contribution in [3.63, 3.8) is 0 Å². The summed E-state index contributed by atoms with van der Waals surface area (Å²) in [6, 6.07) is 0. The summed E-state index contributed by atoms with van der Waals surface area (Å²) >= 11 is 0. The van der Waals surface area contributed by atoms with Gasteiger partial charge in [0, 0.05) is 6.42 Å². The summed E-state index contributed by atoms with van der Waals surface area (Å²) in [6.45, 7) is 1.77. The lowest BCUT2D eigenvalue weighted by Gasteiger charge is -2.40. The Kier molecular flexibility index (Phi) is 2.49. The lowest BCUT2D eigenvalue weighted by Crippen LogP contribution is -2.42. The van der Waals surface area contributed by atoms with E-state index in [-0.39, 0.29) is 0 Å². The van der Waals surface area contributed by atoms with Crippen molar-refractivity contribution in [3.8, 4) is 0 Å². The molecule has 3 fully saturated rings. The van der Waals surface area contributed by atoms with Crippen LogP contribution in [0.25, 0.3) is 0 Å².